The van der Waals surface area contributed by atoms with Crippen LogP contribution in [0.1, 0.15) is 24.8 Å². The van der Waals surface area contributed by atoms with E-state index in [1.165, 1.54) is 0 Å². The highest BCUT2D eigenvalue weighted by Gasteiger charge is 2.25. The Morgan fingerprint density at radius 3 is 2.41 bits per heavy atom. The highest BCUT2D eigenvalue weighted by atomic mass is 16.6. The second-order valence-corrected chi connectivity index (χ2v) is 6.43. The minimum absolute atomic E-state index is 0.0218. The van der Waals surface area contributed by atoms with E-state index in [0.29, 0.717) is 57.4 Å². The molecule has 8 heteroatoms. The van der Waals surface area contributed by atoms with Crippen LogP contribution >= 0.6 is 0 Å². The van der Waals surface area contributed by atoms with Crippen molar-refractivity contribution < 1.29 is 18.7 Å². The average molecular weight is 372 g/mol. The summed E-state index contributed by atoms with van der Waals surface area (Å²) in [6.45, 7) is 6.14. The van der Waals surface area contributed by atoms with Crippen LogP contribution in [0.25, 0.3) is 11.5 Å². The molecule has 0 N–H and O–H groups in total. The Morgan fingerprint density at radius 1 is 1.07 bits per heavy atom. The van der Waals surface area contributed by atoms with Gasteiger partial charge in [-0.1, -0.05) is 17.7 Å². The van der Waals surface area contributed by atoms with Crippen molar-refractivity contribution in [1.29, 1.82) is 0 Å². The number of rotatable bonds is 5. The van der Waals surface area contributed by atoms with Crippen LogP contribution in [0.15, 0.2) is 28.7 Å². The van der Waals surface area contributed by atoms with Crippen LogP contribution in [-0.4, -0.2) is 64.8 Å². The van der Waals surface area contributed by atoms with Crippen molar-refractivity contribution in [2.75, 3.05) is 32.8 Å². The van der Waals surface area contributed by atoms with E-state index in [9.17, 15) is 9.59 Å². The summed E-state index contributed by atoms with van der Waals surface area (Å²) < 4.78 is 10.6. The maximum atomic E-state index is 12.4. The number of ether oxygens (including phenoxy) is 1. The first-order valence-corrected chi connectivity index (χ1v) is 9.15. The van der Waals surface area contributed by atoms with Gasteiger partial charge in [0.1, 0.15) is 0 Å². The molecule has 2 aromatic rings. The van der Waals surface area contributed by atoms with Crippen LogP contribution in [-0.2, 0) is 16.0 Å². The first-order valence-electron chi connectivity index (χ1n) is 9.15. The molecule has 1 aliphatic heterocycles. The summed E-state index contributed by atoms with van der Waals surface area (Å²) in [5.74, 6) is 0.929. The Labute approximate surface area is 158 Å². The Kier molecular flexibility index (Phi) is 6.05. The van der Waals surface area contributed by atoms with Crippen LogP contribution in [0.5, 0.6) is 0 Å². The molecule has 2 amide bonds. The molecule has 1 aromatic carbocycles. The van der Waals surface area contributed by atoms with Crippen LogP contribution in [0.4, 0.5) is 4.79 Å². The van der Waals surface area contributed by atoms with E-state index in [0.717, 1.165) is 11.1 Å². The van der Waals surface area contributed by atoms with Gasteiger partial charge in [0.25, 0.3) is 0 Å². The molecule has 0 unspecified atom stereocenters. The number of piperazine rings is 1. The molecule has 0 spiro atoms. The summed E-state index contributed by atoms with van der Waals surface area (Å²) in [4.78, 5) is 27.5. The molecule has 1 aromatic heterocycles. The molecular formula is C19H24N4O4. The molecule has 1 saturated heterocycles. The number of aryl methyl sites for hydroxylation is 2. The van der Waals surface area contributed by atoms with Gasteiger partial charge in [-0.2, -0.15) is 0 Å². The molecule has 0 radical (unpaired) electrons. The summed E-state index contributed by atoms with van der Waals surface area (Å²) >= 11 is 0. The van der Waals surface area contributed by atoms with Crippen molar-refractivity contribution in [1.82, 2.24) is 20.0 Å². The fourth-order valence-corrected chi connectivity index (χ4v) is 2.89. The molecule has 1 aliphatic rings. The van der Waals surface area contributed by atoms with E-state index < -0.39 is 0 Å². The van der Waals surface area contributed by atoms with Crippen molar-refractivity contribution in [3.63, 3.8) is 0 Å². The van der Waals surface area contributed by atoms with E-state index in [1.807, 2.05) is 31.2 Å². The third-order valence-electron chi connectivity index (χ3n) is 4.48. The zero-order valence-electron chi connectivity index (χ0n) is 15.7. The van der Waals surface area contributed by atoms with E-state index >= 15 is 0 Å². The highest BCUT2D eigenvalue weighted by molar-refractivity contribution is 5.77. The fourth-order valence-electron chi connectivity index (χ4n) is 2.89. The number of carbonyl (C=O) groups is 2. The molecule has 0 atom stereocenters. The predicted molar refractivity (Wildman–Crippen MR) is 98.0 cm³/mol. The zero-order chi connectivity index (χ0) is 19.2. The Hall–Kier alpha value is -2.90. The second-order valence-electron chi connectivity index (χ2n) is 6.43. The Balaban J connectivity index is 1.47. The second kappa shape index (κ2) is 8.66. The van der Waals surface area contributed by atoms with Gasteiger partial charge in [0.2, 0.25) is 17.7 Å². The molecule has 27 heavy (non-hydrogen) atoms. The molecular weight excluding hydrogens is 348 g/mol. The molecule has 0 saturated carbocycles. The van der Waals surface area contributed by atoms with Crippen LogP contribution in [0.3, 0.4) is 0 Å². The monoisotopic (exact) mass is 372 g/mol. The van der Waals surface area contributed by atoms with E-state index in [1.54, 1.807) is 16.7 Å². The minimum Gasteiger partial charge on any atom is -0.450 e. The number of hydrogen-bond donors (Lipinski definition) is 0. The number of amides is 2. The van der Waals surface area contributed by atoms with Gasteiger partial charge in [-0.15, -0.1) is 10.2 Å². The van der Waals surface area contributed by atoms with Gasteiger partial charge in [-0.3, -0.25) is 4.79 Å². The first-order chi connectivity index (χ1) is 13.1. The van der Waals surface area contributed by atoms with Gasteiger partial charge in [0, 0.05) is 44.6 Å². The summed E-state index contributed by atoms with van der Waals surface area (Å²) in [5, 5.41) is 8.08. The molecule has 144 valence electrons. The van der Waals surface area contributed by atoms with Crippen molar-refractivity contribution in [3.05, 3.63) is 35.7 Å². The lowest BCUT2D eigenvalue weighted by atomic mass is 10.1. The largest absolute Gasteiger partial charge is 0.450 e. The third-order valence-corrected chi connectivity index (χ3v) is 4.48. The van der Waals surface area contributed by atoms with E-state index in [-0.39, 0.29) is 12.0 Å². The van der Waals surface area contributed by atoms with Crippen LogP contribution in [0, 0.1) is 6.92 Å². The van der Waals surface area contributed by atoms with Gasteiger partial charge in [0.05, 0.1) is 6.61 Å². The third kappa shape index (κ3) is 4.84. The number of nitrogens with zero attached hydrogens (tertiary/aromatic N) is 4. The molecule has 1 fully saturated rings. The number of aromatic nitrogens is 2. The summed E-state index contributed by atoms with van der Waals surface area (Å²) in [5.41, 5.74) is 2.02. The first kappa shape index (κ1) is 18.9. The van der Waals surface area contributed by atoms with Crippen molar-refractivity contribution in [3.8, 4) is 11.5 Å². The van der Waals surface area contributed by atoms with Crippen molar-refractivity contribution >= 4 is 12.0 Å². The maximum Gasteiger partial charge on any atom is 0.409 e. The lowest BCUT2D eigenvalue weighted by molar-refractivity contribution is -0.132. The fraction of sp³-hybridized carbons (Fsp3) is 0.474. The molecule has 2 heterocycles. The van der Waals surface area contributed by atoms with Gasteiger partial charge in [-0.05, 0) is 26.0 Å². The van der Waals surface area contributed by atoms with Crippen molar-refractivity contribution in [2.24, 2.45) is 0 Å². The molecule has 8 nitrogen and oxygen atoms in total. The van der Waals surface area contributed by atoms with E-state index in [4.69, 9.17) is 9.15 Å². The minimum atomic E-state index is -0.320. The maximum absolute atomic E-state index is 12.4. The molecule has 0 bridgehead atoms. The normalized spacial score (nSPS) is 14.3. The smallest absolute Gasteiger partial charge is 0.409 e. The SMILES string of the molecule is CCOC(=O)N1CCN(C(=O)CCc2nnc(-c3ccc(C)cc3)o2)CC1. The number of benzene rings is 1. The average Bonchev–Trinajstić information content (AvgIpc) is 3.16. The van der Waals surface area contributed by atoms with Crippen LogP contribution in [0.2, 0.25) is 0 Å². The summed E-state index contributed by atoms with van der Waals surface area (Å²) in [7, 11) is 0. The quantitative estimate of drug-likeness (QED) is 0.800. The standard InChI is InChI=1S/C19H24N4O4/c1-3-26-19(25)23-12-10-22(11-13-23)17(24)9-8-16-20-21-18(27-16)15-6-4-14(2)5-7-15/h4-7H,3,8-13H2,1-2H3. The van der Waals surface area contributed by atoms with E-state index in [2.05, 4.69) is 10.2 Å². The van der Waals surface area contributed by atoms with Gasteiger partial charge in [0.15, 0.2) is 0 Å². The topological polar surface area (TPSA) is 88.8 Å². The Morgan fingerprint density at radius 2 is 1.74 bits per heavy atom. The number of hydrogen-bond acceptors (Lipinski definition) is 6. The van der Waals surface area contributed by atoms with Crippen molar-refractivity contribution in [2.45, 2.75) is 26.7 Å². The summed E-state index contributed by atoms with van der Waals surface area (Å²) in [6, 6.07) is 7.83. The number of carbonyl (C=O) groups excluding carboxylic acids is 2. The Bertz CT molecular complexity index is 779. The van der Waals surface area contributed by atoms with Gasteiger partial charge in [-0.25, -0.2) is 4.79 Å². The van der Waals surface area contributed by atoms with Crippen LogP contribution < -0.4 is 0 Å². The van der Waals surface area contributed by atoms with Gasteiger partial charge < -0.3 is 19.0 Å². The van der Waals surface area contributed by atoms with Gasteiger partial charge >= 0.3 is 6.09 Å². The zero-order valence-corrected chi connectivity index (χ0v) is 15.7. The predicted octanol–water partition coefficient (Wildman–Crippen LogP) is 2.28. The highest BCUT2D eigenvalue weighted by Crippen LogP contribution is 2.19. The summed E-state index contributed by atoms with van der Waals surface area (Å²) in [6.07, 6.45) is 0.379. The molecule has 3 rings (SSSR count). The lowest BCUT2D eigenvalue weighted by Crippen LogP contribution is -2.50. The molecule has 0 aliphatic carbocycles. The lowest BCUT2D eigenvalue weighted by Gasteiger charge is -2.34.